The van der Waals surface area contributed by atoms with Crippen molar-refractivity contribution in [3.05, 3.63) is 80.5 Å². The second-order valence-corrected chi connectivity index (χ2v) is 8.59. The van der Waals surface area contributed by atoms with Crippen molar-refractivity contribution in [3.8, 4) is 11.6 Å². The van der Waals surface area contributed by atoms with Gasteiger partial charge in [0.25, 0.3) is 5.56 Å². The zero-order chi connectivity index (χ0) is 27.3. The highest BCUT2D eigenvalue weighted by atomic mass is 32.2. The minimum Gasteiger partial charge on any atom is -0.494 e. The molecule has 0 atom stereocenters. The van der Waals surface area contributed by atoms with Crippen LogP contribution in [0.25, 0.3) is 0 Å². The Labute approximate surface area is 213 Å². The van der Waals surface area contributed by atoms with Crippen molar-refractivity contribution in [2.24, 2.45) is 19.1 Å². The summed E-state index contributed by atoms with van der Waals surface area (Å²) >= 11 is 0.713. The number of amides is 1. The average molecular weight is 537 g/mol. The number of carbonyl (C=O) groups excluding carboxylic acids is 1. The maximum absolute atomic E-state index is 13.3. The molecule has 0 fully saturated rings. The van der Waals surface area contributed by atoms with E-state index in [0.717, 1.165) is 21.3 Å². The number of nitrogens with zero attached hydrogens (tertiary/aromatic N) is 3. The number of halogens is 3. The predicted molar refractivity (Wildman–Crippen MR) is 135 cm³/mol. The smallest absolute Gasteiger partial charge is 0.418 e. The van der Waals surface area contributed by atoms with Crippen LogP contribution in [0.2, 0.25) is 0 Å². The summed E-state index contributed by atoms with van der Waals surface area (Å²) in [6.45, 7) is 2.26. The van der Waals surface area contributed by atoms with Gasteiger partial charge in [0.05, 0.1) is 29.3 Å². The summed E-state index contributed by atoms with van der Waals surface area (Å²) in [7, 11) is 2.47. The van der Waals surface area contributed by atoms with E-state index in [1.807, 2.05) is 6.92 Å². The van der Waals surface area contributed by atoms with Gasteiger partial charge in [-0.05, 0) is 43.3 Å². The van der Waals surface area contributed by atoms with E-state index in [9.17, 15) is 32.7 Å². The SMILES string of the molecule is CCOc1ccc(N=C(SCC(=O)Nc2ccccc2C(F)(F)F)c2c(O)n(C)c(=O)n(C)c2=O)cc1. The number of ether oxygens (including phenoxy) is 1. The number of aromatic nitrogens is 2. The molecule has 0 saturated carbocycles. The van der Waals surface area contributed by atoms with Crippen LogP contribution < -0.4 is 21.3 Å². The van der Waals surface area contributed by atoms with Crippen molar-refractivity contribution < 1.29 is 27.8 Å². The molecule has 196 valence electrons. The van der Waals surface area contributed by atoms with Crippen molar-refractivity contribution in [1.82, 2.24) is 9.13 Å². The van der Waals surface area contributed by atoms with Crippen molar-refractivity contribution in [3.63, 3.8) is 0 Å². The number of nitrogens with one attached hydrogen (secondary N) is 1. The fourth-order valence-electron chi connectivity index (χ4n) is 3.24. The van der Waals surface area contributed by atoms with Gasteiger partial charge in [-0.3, -0.25) is 18.7 Å². The third kappa shape index (κ3) is 6.42. The molecule has 0 radical (unpaired) electrons. The molecule has 0 bridgehead atoms. The Kier molecular flexibility index (Phi) is 8.48. The second-order valence-electron chi connectivity index (χ2n) is 7.63. The van der Waals surface area contributed by atoms with Gasteiger partial charge in [-0.1, -0.05) is 23.9 Å². The first-order valence-electron chi connectivity index (χ1n) is 10.8. The first-order chi connectivity index (χ1) is 17.4. The molecule has 3 rings (SSSR count). The van der Waals surface area contributed by atoms with E-state index in [-0.39, 0.29) is 10.6 Å². The fourth-order valence-corrected chi connectivity index (χ4v) is 4.07. The lowest BCUT2D eigenvalue weighted by Gasteiger charge is -2.14. The van der Waals surface area contributed by atoms with Gasteiger partial charge in [-0.15, -0.1) is 0 Å². The van der Waals surface area contributed by atoms with Gasteiger partial charge in [0.1, 0.15) is 16.4 Å². The Morgan fingerprint density at radius 3 is 2.35 bits per heavy atom. The third-order valence-corrected chi connectivity index (χ3v) is 6.05. The van der Waals surface area contributed by atoms with E-state index >= 15 is 0 Å². The number of aliphatic imine (C=N–C) groups is 1. The van der Waals surface area contributed by atoms with E-state index in [4.69, 9.17) is 4.74 Å². The fraction of sp³-hybridized carbons (Fsp3) is 0.250. The molecule has 0 spiro atoms. The van der Waals surface area contributed by atoms with E-state index in [0.29, 0.717) is 29.8 Å². The van der Waals surface area contributed by atoms with Crippen LogP contribution in [0.3, 0.4) is 0 Å². The molecule has 1 aromatic heterocycles. The first-order valence-corrected chi connectivity index (χ1v) is 11.8. The van der Waals surface area contributed by atoms with E-state index in [1.54, 1.807) is 24.3 Å². The summed E-state index contributed by atoms with van der Waals surface area (Å²) in [5, 5.41) is 12.7. The summed E-state index contributed by atoms with van der Waals surface area (Å²) in [5.74, 6) is -1.36. The van der Waals surface area contributed by atoms with E-state index < -0.39 is 46.2 Å². The Morgan fingerprint density at radius 1 is 1.08 bits per heavy atom. The third-order valence-electron chi connectivity index (χ3n) is 5.07. The summed E-state index contributed by atoms with van der Waals surface area (Å²) < 4.78 is 46.8. The Bertz CT molecular complexity index is 1450. The van der Waals surface area contributed by atoms with E-state index in [2.05, 4.69) is 10.3 Å². The summed E-state index contributed by atoms with van der Waals surface area (Å²) in [4.78, 5) is 42.0. The zero-order valence-corrected chi connectivity index (χ0v) is 20.8. The highest BCUT2D eigenvalue weighted by Crippen LogP contribution is 2.34. The minimum atomic E-state index is -4.68. The average Bonchev–Trinajstić information content (AvgIpc) is 2.86. The van der Waals surface area contributed by atoms with Gasteiger partial charge >= 0.3 is 11.9 Å². The summed E-state index contributed by atoms with van der Waals surface area (Å²) in [6, 6.07) is 10.9. The number of anilines is 1. The molecule has 9 nitrogen and oxygen atoms in total. The summed E-state index contributed by atoms with van der Waals surface area (Å²) in [5.41, 5.74) is -3.08. The monoisotopic (exact) mass is 536 g/mol. The molecule has 2 aromatic carbocycles. The van der Waals surface area contributed by atoms with Crippen molar-refractivity contribution >= 4 is 34.1 Å². The second kappa shape index (κ2) is 11.4. The molecular formula is C24H23F3N4O5S. The van der Waals surface area contributed by atoms with Gasteiger partial charge in [0.15, 0.2) is 0 Å². The van der Waals surface area contributed by atoms with Crippen LogP contribution in [0, 0.1) is 0 Å². The lowest BCUT2D eigenvalue weighted by molar-refractivity contribution is -0.137. The molecule has 37 heavy (non-hydrogen) atoms. The Morgan fingerprint density at radius 2 is 1.73 bits per heavy atom. The van der Waals surface area contributed by atoms with Crippen LogP contribution in [0.5, 0.6) is 11.6 Å². The number of alkyl halides is 3. The van der Waals surface area contributed by atoms with Crippen molar-refractivity contribution in [1.29, 1.82) is 0 Å². The molecule has 1 heterocycles. The maximum atomic E-state index is 13.3. The van der Waals surface area contributed by atoms with Crippen LogP contribution in [0.4, 0.5) is 24.5 Å². The molecule has 0 aliphatic rings. The highest BCUT2D eigenvalue weighted by molar-refractivity contribution is 8.15. The van der Waals surface area contributed by atoms with Gasteiger partial charge in [-0.25, -0.2) is 9.79 Å². The molecule has 0 unspecified atom stereocenters. The number of thioether (sulfide) groups is 1. The molecule has 2 N–H and O–H groups in total. The standard InChI is InChI=1S/C24H23F3N4O5S/c1-4-36-15-11-9-14(10-12-15)28-20(19-21(33)30(2)23(35)31(3)22(19)34)37-13-18(32)29-17-8-6-5-7-16(17)24(25,26)27/h5-12,33H,4,13H2,1-3H3,(H,29,32). The number of benzene rings is 2. The van der Waals surface area contributed by atoms with Gasteiger partial charge in [0.2, 0.25) is 11.8 Å². The molecule has 0 aliphatic carbocycles. The van der Waals surface area contributed by atoms with Gasteiger partial charge in [-0.2, -0.15) is 13.2 Å². The first kappa shape index (κ1) is 27.6. The minimum absolute atomic E-state index is 0.114. The lowest BCUT2D eigenvalue weighted by Crippen LogP contribution is -2.39. The van der Waals surface area contributed by atoms with Crippen LogP contribution in [-0.2, 0) is 25.1 Å². The normalized spacial score (nSPS) is 11.9. The number of carbonyl (C=O) groups is 1. The van der Waals surface area contributed by atoms with Crippen LogP contribution in [0.1, 0.15) is 18.1 Å². The Balaban J connectivity index is 1.98. The maximum Gasteiger partial charge on any atom is 0.418 e. The number of rotatable bonds is 7. The molecule has 0 aliphatic heterocycles. The molecule has 3 aromatic rings. The zero-order valence-electron chi connectivity index (χ0n) is 20.0. The lowest BCUT2D eigenvalue weighted by atomic mass is 10.1. The number of hydrogen-bond acceptors (Lipinski definition) is 7. The van der Waals surface area contributed by atoms with Crippen LogP contribution >= 0.6 is 11.8 Å². The van der Waals surface area contributed by atoms with E-state index in [1.165, 1.54) is 26.2 Å². The van der Waals surface area contributed by atoms with Crippen LogP contribution in [0.15, 0.2) is 63.1 Å². The predicted octanol–water partition coefficient (Wildman–Crippen LogP) is 3.66. The molecule has 13 heteroatoms. The number of hydrogen-bond donors (Lipinski definition) is 2. The molecule has 0 saturated heterocycles. The number of para-hydroxylation sites is 1. The quantitative estimate of drug-likeness (QED) is 0.352. The largest absolute Gasteiger partial charge is 0.494 e. The van der Waals surface area contributed by atoms with Gasteiger partial charge in [0, 0.05) is 14.1 Å². The Hall–Kier alpha value is -4.00. The van der Waals surface area contributed by atoms with Crippen LogP contribution in [-0.4, -0.2) is 37.6 Å². The van der Waals surface area contributed by atoms with Crippen molar-refractivity contribution in [2.45, 2.75) is 13.1 Å². The molecular weight excluding hydrogens is 513 g/mol. The summed E-state index contributed by atoms with van der Waals surface area (Å²) in [6.07, 6.45) is -4.68. The van der Waals surface area contributed by atoms with Gasteiger partial charge < -0.3 is 15.2 Å². The highest BCUT2D eigenvalue weighted by Gasteiger charge is 2.33. The molecule has 1 amide bonds. The van der Waals surface area contributed by atoms with Crippen molar-refractivity contribution in [2.75, 3.05) is 17.7 Å². The number of aromatic hydroxyl groups is 1. The topological polar surface area (TPSA) is 115 Å².